The van der Waals surface area contributed by atoms with E-state index in [9.17, 15) is 0 Å². The summed E-state index contributed by atoms with van der Waals surface area (Å²) in [7, 11) is 0. The van der Waals surface area contributed by atoms with E-state index in [4.69, 9.17) is 19.4 Å². The summed E-state index contributed by atoms with van der Waals surface area (Å²) in [5, 5.41) is 6.56. The van der Waals surface area contributed by atoms with Gasteiger partial charge in [0.1, 0.15) is 5.58 Å². The second-order valence-corrected chi connectivity index (χ2v) is 14.2. The quantitative estimate of drug-likeness (QED) is 0.176. The van der Waals surface area contributed by atoms with Crippen molar-refractivity contribution in [1.29, 1.82) is 0 Å². The summed E-state index contributed by atoms with van der Waals surface area (Å²) in [5.74, 6) is 1.61. The van der Waals surface area contributed by atoms with Crippen molar-refractivity contribution < 1.29 is 4.42 Å². The molecule has 0 aliphatic carbocycles. The summed E-state index contributed by atoms with van der Waals surface area (Å²) in [6.07, 6.45) is 3.58. The molecule has 5 heterocycles. The second kappa shape index (κ2) is 12.3. The van der Waals surface area contributed by atoms with Gasteiger partial charge in [-0.25, -0.2) is 4.98 Å². The highest BCUT2D eigenvalue weighted by Crippen LogP contribution is 2.44. The average molecular weight is 731 g/mol. The molecular weight excluding hydrogens is 701 g/mol. The average Bonchev–Trinajstić information content (AvgIpc) is 3.95. The lowest BCUT2D eigenvalue weighted by atomic mass is 9.95. The molecule has 0 bridgehead atoms. The Labute approximate surface area is 325 Å². The van der Waals surface area contributed by atoms with Gasteiger partial charge in [-0.1, -0.05) is 127 Å². The summed E-state index contributed by atoms with van der Waals surface area (Å²) in [4.78, 5) is 20.2. The Balaban J connectivity index is 1.16. The number of furan rings is 1. The summed E-state index contributed by atoms with van der Waals surface area (Å²) in [6, 6.07) is 59.2. The van der Waals surface area contributed by atoms with Crippen LogP contribution in [0, 0.1) is 0 Å². The Morgan fingerprint density at radius 2 is 0.930 bits per heavy atom. The molecule has 0 saturated carbocycles. The van der Waals surface area contributed by atoms with Gasteiger partial charge in [-0.3, -0.25) is 9.55 Å². The van der Waals surface area contributed by atoms with E-state index in [1.165, 1.54) is 16.3 Å². The van der Waals surface area contributed by atoms with Crippen LogP contribution in [0.1, 0.15) is 0 Å². The van der Waals surface area contributed by atoms with Crippen molar-refractivity contribution >= 4 is 65.6 Å². The van der Waals surface area contributed by atoms with Gasteiger partial charge in [0.15, 0.2) is 17.2 Å². The van der Waals surface area contributed by atoms with E-state index in [2.05, 4.69) is 135 Å². The number of fused-ring (bicyclic) bond motifs is 9. The van der Waals surface area contributed by atoms with Crippen LogP contribution in [0.2, 0.25) is 0 Å². The highest BCUT2D eigenvalue weighted by molar-refractivity contribution is 6.22. The summed E-state index contributed by atoms with van der Waals surface area (Å²) in [6.45, 7) is 0. The van der Waals surface area contributed by atoms with Crippen molar-refractivity contribution in [1.82, 2.24) is 29.1 Å². The molecule has 0 fully saturated rings. The zero-order chi connectivity index (χ0) is 37.5. The van der Waals surface area contributed by atoms with Gasteiger partial charge in [0.25, 0.3) is 0 Å². The molecule has 0 amide bonds. The van der Waals surface area contributed by atoms with E-state index in [1.807, 2.05) is 54.7 Å². The molecule has 12 aromatic rings. The summed E-state index contributed by atoms with van der Waals surface area (Å²) >= 11 is 0. The fourth-order valence-electron chi connectivity index (χ4n) is 8.71. The third kappa shape index (κ3) is 4.72. The highest BCUT2D eigenvalue weighted by atomic mass is 16.3. The topological polar surface area (TPSA) is 74.6 Å². The molecule has 7 heteroatoms. The van der Waals surface area contributed by atoms with Crippen LogP contribution in [0.3, 0.4) is 0 Å². The molecule has 0 aliphatic rings. The Morgan fingerprint density at radius 3 is 1.65 bits per heavy atom. The van der Waals surface area contributed by atoms with Gasteiger partial charge in [0, 0.05) is 55.3 Å². The standard InChI is InChI=1S/C50H30N6O/c1-3-15-31(16-4-1)48-52-49(38-29-51-30-44-47(38)37-21-9-12-28-43(37)57-44)54-50(53-48)56-40-25-11-8-20-36(40)46-34(23-14-27-42(46)56)33-22-13-26-41-45(33)35-19-7-10-24-39(35)55(41)32-17-5-2-6-18-32/h1-30H. The van der Waals surface area contributed by atoms with Crippen LogP contribution in [0.25, 0.3) is 111 Å². The van der Waals surface area contributed by atoms with Gasteiger partial charge in [-0.15, -0.1) is 0 Å². The molecule has 7 nitrogen and oxygen atoms in total. The minimum Gasteiger partial charge on any atom is -0.454 e. The van der Waals surface area contributed by atoms with Crippen LogP contribution >= 0.6 is 0 Å². The van der Waals surface area contributed by atoms with Gasteiger partial charge in [0.05, 0.1) is 28.3 Å². The normalized spacial score (nSPS) is 11.9. The number of nitrogens with zero attached hydrogens (tertiary/aromatic N) is 6. The Hall–Kier alpha value is -7.90. The van der Waals surface area contributed by atoms with Gasteiger partial charge < -0.3 is 8.98 Å². The van der Waals surface area contributed by atoms with Crippen LogP contribution in [-0.2, 0) is 0 Å². The number of benzene rings is 7. The first-order valence-corrected chi connectivity index (χ1v) is 19.0. The van der Waals surface area contributed by atoms with Crippen LogP contribution in [0.5, 0.6) is 0 Å². The van der Waals surface area contributed by atoms with Crippen LogP contribution in [-0.4, -0.2) is 29.1 Å². The third-order valence-electron chi connectivity index (χ3n) is 11.1. The number of hydrogen-bond acceptors (Lipinski definition) is 5. The van der Waals surface area contributed by atoms with Crippen LogP contribution < -0.4 is 0 Å². The smallest absolute Gasteiger partial charge is 0.238 e. The maximum Gasteiger partial charge on any atom is 0.238 e. The zero-order valence-corrected chi connectivity index (χ0v) is 30.4. The van der Waals surface area contributed by atoms with Gasteiger partial charge in [0.2, 0.25) is 5.95 Å². The molecule has 0 N–H and O–H groups in total. The number of aromatic nitrogens is 6. The van der Waals surface area contributed by atoms with Crippen LogP contribution in [0.4, 0.5) is 0 Å². The second-order valence-electron chi connectivity index (χ2n) is 14.2. The van der Waals surface area contributed by atoms with Crippen molar-refractivity contribution in [2.45, 2.75) is 0 Å². The maximum absolute atomic E-state index is 6.25. The zero-order valence-electron chi connectivity index (χ0n) is 30.4. The molecule has 0 aliphatic heterocycles. The molecule has 12 rings (SSSR count). The Morgan fingerprint density at radius 1 is 0.368 bits per heavy atom. The Bertz CT molecular complexity index is 3530. The monoisotopic (exact) mass is 730 g/mol. The number of rotatable bonds is 5. The first kappa shape index (κ1) is 31.5. The molecule has 0 unspecified atom stereocenters. The van der Waals surface area contributed by atoms with E-state index in [0.717, 1.165) is 71.6 Å². The lowest BCUT2D eigenvalue weighted by molar-refractivity contribution is 0.667. The minimum absolute atomic E-state index is 0.518. The highest BCUT2D eigenvalue weighted by Gasteiger charge is 2.23. The van der Waals surface area contributed by atoms with Crippen molar-refractivity contribution in [2.24, 2.45) is 0 Å². The molecule has 0 saturated heterocycles. The lowest BCUT2D eigenvalue weighted by Gasteiger charge is -2.12. The molecule has 5 aromatic heterocycles. The van der Waals surface area contributed by atoms with E-state index in [0.29, 0.717) is 23.2 Å². The van der Waals surface area contributed by atoms with E-state index < -0.39 is 0 Å². The third-order valence-corrected chi connectivity index (χ3v) is 11.1. The minimum atomic E-state index is 0.518. The number of hydrogen-bond donors (Lipinski definition) is 0. The van der Waals surface area contributed by atoms with E-state index in [1.54, 1.807) is 6.20 Å². The van der Waals surface area contributed by atoms with Gasteiger partial charge in [-0.05, 0) is 53.6 Å². The maximum atomic E-state index is 6.25. The molecule has 57 heavy (non-hydrogen) atoms. The Kier molecular flexibility index (Phi) is 6.79. The molecule has 266 valence electrons. The predicted molar refractivity (Wildman–Crippen MR) is 230 cm³/mol. The molecule has 0 atom stereocenters. The van der Waals surface area contributed by atoms with Crippen molar-refractivity contribution in [2.75, 3.05) is 0 Å². The van der Waals surface area contributed by atoms with Crippen LogP contribution in [0.15, 0.2) is 187 Å². The largest absolute Gasteiger partial charge is 0.454 e. The first-order valence-electron chi connectivity index (χ1n) is 19.0. The molecule has 0 spiro atoms. The molecular formula is C50H30N6O. The fraction of sp³-hybridized carbons (Fsp3) is 0. The summed E-state index contributed by atoms with van der Waals surface area (Å²) < 4.78 is 10.8. The van der Waals surface area contributed by atoms with E-state index >= 15 is 0 Å². The SMILES string of the molecule is c1ccc(-c2nc(-c3cncc4oc5ccccc5c34)nc(-n3c4ccccc4c4c(-c5cccc6c5c5ccccc5n6-c5ccccc5)cccc43)n2)cc1. The number of para-hydroxylation sites is 4. The van der Waals surface area contributed by atoms with Crippen molar-refractivity contribution in [3.63, 3.8) is 0 Å². The van der Waals surface area contributed by atoms with Crippen molar-refractivity contribution in [3.05, 3.63) is 182 Å². The first-order chi connectivity index (χ1) is 28.3. The van der Waals surface area contributed by atoms with Gasteiger partial charge in [-0.2, -0.15) is 9.97 Å². The molecule has 0 radical (unpaired) electrons. The fourth-order valence-corrected chi connectivity index (χ4v) is 8.71. The summed E-state index contributed by atoms with van der Waals surface area (Å²) in [5.41, 5.74) is 10.9. The molecule has 7 aromatic carbocycles. The predicted octanol–water partition coefficient (Wildman–Crippen LogP) is 12.4. The number of pyridine rings is 1. The van der Waals surface area contributed by atoms with Crippen molar-refractivity contribution in [3.8, 4) is 45.5 Å². The van der Waals surface area contributed by atoms with E-state index in [-0.39, 0.29) is 0 Å². The lowest BCUT2D eigenvalue weighted by Crippen LogP contribution is -2.06. The van der Waals surface area contributed by atoms with Gasteiger partial charge >= 0.3 is 0 Å².